The first kappa shape index (κ1) is 15.1. The monoisotopic (exact) mass is 317 g/mol. The average molecular weight is 318 g/mol. The van der Waals surface area contributed by atoms with Gasteiger partial charge in [-0.3, -0.25) is 9.59 Å². The van der Waals surface area contributed by atoms with Crippen LogP contribution in [0.2, 0.25) is 10.0 Å². The van der Waals surface area contributed by atoms with Crippen molar-refractivity contribution < 1.29 is 19.8 Å². The maximum atomic E-state index is 11.7. The Bertz CT molecular complexity index is 529. The number of amides is 1. The molecule has 0 spiro atoms. The maximum Gasteiger partial charge on any atom is 0.307 e. The van der Waals surface area contributed by atoms with E-state index in [-0.39, 0.29) is 12.5 Å². The van der Waals surface area contributed by atoms with Crippen LogP contribution in [0.4, 0.5) is 0 Å². The first-order valence-corrected chi connectivity index (χ1v) is 6.78. The number of hydrogen-bond acceptors (Lipinski definition) is 3. The lowest BCUT2D eigenvalue weighted by molar-refractivity contribution is -0.140. The van der Waals surface area contributed by atoms with Crippen LogP contribution in [0.1, 0.15) is 18.1 Å². The minimum atomic E-state index is -0.965. The number of carboxylic acid groups (broad SMARTS) is 1. The lowest BCUT2D eigenvalue weighted by Gasteiger charge is -2.13. The molecule has 20 heavy (non-hydrogen) atoms. The zero-order valence-electron chi connectivity index (χ0n) is 10.3. The summed E-state index contributed by atoms with van der Waals surface area (Å²) in [5.74, 6) is -2.42. The van der Waals surface area contributed by atoms with Crippen LogP contribution in [0.25, 0.3) is 0 Å². The highest BCUT2D eigenvalue weighted by molar-refractivity contribution is 6.34. The topological polar surface area (TPSA) is 86.6 Å². The number of hydrogen-bond donors (Lipinski definition) is 3. The molecule has 1 aliphatic carbocycles. The Hall–Kier alpha value is -1.30. The van der Waals surface area contributed by atoms with Crippen LogP contribution in [0, 0.1) is 11.8 Å². The van der Waals surface area contributed by atoms with Gasteiger partial charge in [0.15, 0.2) is 0 Å². The van der Waals surface area contributed by atoms with Gasteiger partial charge >= 0.3 is 5.97 Å². The number of aliphatic hydroxyl groups is 1. The van der Waals surface area contributed by atoms with E-state index in [1.165, 1.54) is 0 Å². The minimum absolute atomic E-state index is 0.0155. The van der Waals surface area contributed by atoms with Crippen LogP contribution in [0.3, 0.4) is 0 Å². The van der Waals surface area contributed by atoms with Gasteiger partial charge in [-0.1, -0.05) is 23.2 Å². The van der Waals surface area contributed by atoms with E-state index in [1.807, 2.05) is 0 Å². The summed E-state index contributed by atoms with van der Waals surface area (Å²) in [6.45, 7) is -0.0155. The van der Waals surface area contributed by atoms with Crippen molar-refractivity contribution in [2.45, 2.75) is 12.5 Å². The largest absolute Gasteiger partial charge is 0.481 e. The van der Waals surface area contributed by atoms with Crippen molar-refractivity contribution in [1.29, 1.82) is 0 Å². The molecule has 1 aromatic carbocycles. The lowest BCUT2D eigenvalue weighted by atomic mass is 10.1. The molecule has 0 aliphatic heterocycles. The summed E-state index contributed by atoms with van der Waals surface area (Å²) >= 11 is 11.6. The fourth-order valence-electron chi connectivity index (χ4n) is 1.97. The standard InChI is InChI=1S/C13H13Cl2NO4/c14-7-1-6(2-8(15)3-7)11(17)5-16-12(18)9-4-10(9)13(19)20/h1-3,9-11,17H,4-5H2,(H,16,18)(H,19,20)/t9-,10-,11+/m1/s1. The summed E-state index contributed by atoms with van der Waals surface area (Å²) in [6, 6.07) is 4.66. The zero-order valence-corrected chi connectivity index (χ0v) is 11.9. The molecule has 0 heterocycles. The van der Waals surface area contributed by atoms with Crippen molar-refractivity contribution in [3.05, 3.63) is 33.8 Å². The number of carbonyl (C=O) groups excluding carboxylic acids is 1. The fourth-order valence-corrected chi connectivity index (χ4v) is 2.51. The number of aliphatic hydroxyl groups excluding tert-OH is 1. The number of nitrogens with one attached hydrogen (secondary N) is 1. The number of carboxylic acids is 1. The van der Waals surface area contributed by atoms with Crippen LogP contribution >= 0.6 is 23.2 Å². The van der Waals surface area contributed by atoms with Crippen LogP contribution in [0.15, 0.2) is 18.2 Å². The van der Waals surface area contributed by atoms with Gasteiger partial charge in [0.25, 0.3) is 0 Å². The van der Waals surface area contributed by atoms with Gasteiger partial charge in [0, 0.05) is 16.6 Å². The Morgan fingerprint density at radius 2 is 1.85 bits per heavy atom. The third-order valence-electron chi connectivity index (χ3n) is 3.18. The molecule has 3 N–H and O–H groups in total. The Morgan fingerprint density at radius 1 is 1.25 bits per heavy atom. The minimum Gasteiger partial charge on any atom is -0.481 e. The number of halogens is 2. The van der Waals surface area contributed by atoms with E-state index in [9.17, 15) is 14.7 Å². The Kier molecular flexibility index (Phi) is 4.52. The molecule has 1 aliphatic rings. The van der Waals surface area contributed by atoms with Gasteiger partial charge in [0.05, 0.1) is 17.9 Å². The summed E-state index contributed by atoms with van der Waals surface area (Å²) in [5.41, 5.74) is 0.494. The van der Waals surface area contributed by atoms with Crippen molar-refractivity contribution in [2.24, 2.45) is 11.8 Å². The Morgan fingerprint density at radius 3 is 2.35 bits per heavy atom. The van der Waals surface area contributed by atoms with Gasteiger partial charge in [-0.15, -0.1) is 0 Å². The molecule has 2 rings (SSSR count). The smallest absolute Gasteiger partial charge is 0.307 e. The first-order chi connectivity index (χ1) is 9.38. The van der Waals surface area contributed by atoms with Crippen molar-refractivity contribution >= 4 is 35.1 Å². The summed E-state index contributed by atoms with van der Waals surface area (Å²) < 4.78 is 0. The molecular formula is C13H13Cl2NO4. The van der Waals surface area contributed by atoms with E-state index >= 15 is 0 Å². The molecule has 1 saturated carbocycles. The maximum absolute atomic E-state index is 11.7. The van der Waals surface area contributed by atoms with Crippen molar-refractivity contribution in [2.75, 3.05) is 6.54 Å². The van der Waals surface area contributed by atoms with Gasteiger partial charge in [-0.05, 0) is 30.2 Å². The molecule has 3 atom stereocenters. The molecule has 0 radical (unpaired) electrons. The van der Waals surface area contributed by atoms with E-state index in [2.05, 4.69) is 5.32 Å². The molecule has 1 amide bonds. The molecule has 5 nitrogen and oxygen atoms in total. The van der Waals surface area contributed by atoms with Crippen molar-refractivity contribution in [3.63, 3.8) is 0 Å². The molecule has 0 bridgehead atoms. The molecule has 1 fully saturated rings. The zero-order chi connectivity index (χ0) is 14.9. The summed E-state index contributed by atoms with van der Waals surface area (Å²) in [7, 11) is 0. The van der Waals surface area contributed by atoms with Crippen LogP contribution in [0.5, 0.6) is 0 Å². The number of carbonyl (C=O) groups is 2. The predicted molar refractivity (Wildman–Crippen MR) is 73.7 cm³/mol. The second-order valence-electron chi connectivity index (χ2n) is 4.75. The van der Waals surface area contributed by atoms with Gasteiger partial charge < -0.3 is 15.5 Å². The van der Waals surface area contributed by atoms with E-state index in [4.69, 9.17) is 28.3 Å². The molecule has 108 valence electrons. The van der Waals surface area contributed by atoms with Crippen LogP contribution in [-0.2, 0) is 9.59 Å². The van der Waals surface area contributed by atoms with E-state index in [0.29, 0.717) is 22.0 Å². The predicted octanol–water partition coefficient (Wildman–Crippen LogP) is 1.86. The molecule has 0 saturated heterocycles. The summed E-state index contributed by atoms with van der Waals surface area (Å²) in [4.78, 5) is 22.3. The second kappa shape index (κ2) is 5.99. The first-order valence-electron chi connectivity index (χ1n) is 6.03. The molecule has 7 heteroatoms. The van der Waals surface area contributed by atoms with E-state index < -0.39 is 23.9 Å². The summed E-state index contributed by atoms with van der Waals surface area (Å²) in [5, 5.41) is 22.0. The highest BCUT2D eigenvalue weighted by Crippen LogP contribution is 2.38. The molecule has 1 aromatic rings. The van der Waals surface area contributed by atoms with Gasteiger partial charge in [-0.2, -0.15) is 0 Å². The Balaban J connectivity index is 1.88. The third kappa shape index (κ3) is 3.62. The van der Waals surface area contributed by atoms with E-state index in [0.717, 1.165) is 0 Å². The normalized spacial score (nSPS) is 22.1. The van der Waals surface area contributed by atoms with Gasteiger partial charge in [0.2, 0.25) is 5.91 Å². The molecular weight excluding hydrogens is 305 g/mol. The van der Waals surface area contributed by atoms with Gasteiger partial charge in [0.1, 0.15) is 0 Å². The highest BCUT2D eigenvalue weighted by atomic mass is 35.5. The quantitative estimate of drug-likeness (QED) is 0.773. The average Bonchev–Trinajstić information content (AvgIpc) is 3.14. The van der Waals surface area contributed by atoms with Crippen molar-refractivity contribution in [1.82, 2.24) is 5.32 Å². The molecule has 0 aromatic heterocycles. The molecule has 0 unspecified atom stereocenters. The van der Waals surface area contributed by atoms with Crippen LogP contribution in [-0.4, -0.2) is 28.6 Å². The SMILES string of the molecule is O=C(O)[C@@H]1C[C@H]1C(=O)NC[C@H](O)c1cc(Cl)cc(Cl)c1. The van der Waals surface area contributed by atoms with Crippen molar-refractivity contribution in [3.8, 4) is 0 Å². The number of benzene rings is 1. The fraction of sp³-hybridized carbons (Fsp3) is 0.385. The van der Waals surface area contributed by atoms with E-state index in [1.54, 1.807) is 18.2 Å². The third-order valence-corrected chi connectivity index (χ3v) is 3.62. The second-order valence-corrected chi connectivity index (χ2v) is 5.62. The van der Waals surface area contributed by atoms with Crippen LogP contribution < -0.4 is 5.32 Å². The lowest BCUT2D eigenvalue weighted by Crippen LogP contribution is -2.30. The number of rotatable bonds is 5. The highest BCUT2D eigenvalue weighted by Gasteiger charge is 2.48. The van der Waals surface area contributed by atoms with Gasteiger partial charge in [-0.25, -0.2) is 0 Å². The summed E-state index contributed by atoms with van der Waals surface area (Å²) in [6.07, 6.45) is -0.600. The Labute approximate surface area is 125 Å². The number of aliphatic carboxylic acids is 1.